The van der Waals surface area contributed by atoms with E-state index in [1.807, 2.05) is 6.07 Å². The second-order valence-corrected chi connectivity index (χ2v) is 5.71. The average Bonchev–Trinajstić information content (AvgIpc) is 2.82. The van der Waals surface area contributed by atoms with E-state index in [1.54, 1.807) is 18.4 Å². The Labute approximate surface area is 111 Å². The highest BCUT2D eigenvalue weighted by Crippen LogP contribution is 2.29. The Balaban J connectivity index is 2.02. The van der Waals surface area contributed by atoms with Crippen molar-refractivity contribution in [1.82, 2.24) is 5.32 Å². The number of amides is 1. The van der Waals surface area contributed by atoms with E-state index >= 15 is 0 Å². The molecule has 0 aromatic carbocycles. The van der Waals surface area contributed by atoms with Crippen molar-refractivity contribution in [3.63, 3.8) is 0 Å². The van der Waals surface area contributed by atoms with E-state index in [2.05, 4.69) is 5.32 Å². The van der Waals surface area contributed by atoms with Crippen molar-refractivity contribution in [2.75, 3.05) is 20.3 Å². The van der Waals surface area contributed by atoms with Gasteiger partial charge in [-0.15, -0.1) is 11.3 Å². The summed E-state index contributed by atoms with van der Waals surface area (Å²) in [5.41, 5.74) is 1.32. The van der Waals surface area contributed by atoms with Crippen LogP contribution in [0.1, 0.15) is 33.0 Å². The molecule has 0 saturated carbocycles. The third kappa shape index (κ3) is 3.10. The molecule has 2 rings (SSSR count). The van der Waals surface area contributed by atoms with Crippen LogP contribution in [0.4, 0.5) is 0 Å². The van der Waals surface area contributed by atoms with Gasteiger partial charge in [-0.05, 0) is 37.3 Å². The first kappa shape index (κ1) is 13.5. The standard InChI is InChI=1S/C13H19NO3S/c1-17-8-10(7-15)14-13(16)12-6-9-4-2-3-5-11(9)18-12/h6,10,15H,2-5,7-8H2,1H3,(H,14,16). The third-order valence-electron chi connectivity index (χ3n) is 3.14. The fourth-order valence-electron chi connectivity index (χ4n) is 2.20. The number of hydrogen-bond acceptors (Lipinski definition) is 4. The molecule has 1 aromatic rings. The molecule has 0 fully saturated rings. The van der Waals surface area contributed by atoms with Crippen molar-refractivity contribution in [3.05, 3.63) is 21.4 Å². The Bertz CT molecular complexity index is 393. The fraction of sp³-hybridized carbons (Fsp3) is 0.615. The van der Waals surface area contributed by atoms with Crippen LogP contribution in [0.2, 0.25) is 0 Å². The van der Waals surface area contributed by atoms with Crippen molar-refractivity contribution in [2.24, 2.45) is 0 Å². The molecule has 1 heterocycles. The molecule has 0 radical (unpaired) electrons. The summed E-state index contributed by atoms with van der Waals surface area (Å²) in [7, 11) is 1.55. The number of aliphatic hydroxyl groups excluding tert-OH is 1. The van der Waals surface area contributed by atoms with Crippen LogP contribution in [-0.2, 0) is 17.6 Å². The molecule has 1 unspecified atom stereocenters. The Kier molecular flexibility index (Phi) is 4.74. The number of thiophene rings is 1. The summed E-state index contributed by atoms with van der Waals surface area (Å²) in [5.74, 6) is -0.106. The maximum absolute atomic E-state index is 12.0. The van der Waals surface area contributed by atoms with Crippen LogP contribution in [0.25, 0.3) is 0 Å². The van der Waals surface area contributed by atoms with E-state index < -0.39 is 0 Å². The minimum Gasteiger partial charge on any atom is -0.394 e. The summed E-state index contributed by atoms with van der Waals surface area (Å²) in [6, 6.07) is 1.66. The number of nitrogens with one attached hydrogen (secondary N) is 1. The van der Waals surface area contributed by atoms with Gasteiger partial charge < -0.3 is 15.2 Å². The zero-order valence-electron chi connectivity index (χ0n) is 10.6. The maximum Gasteiger partial charge on any atom is 0.261 e. The predicted molar refractivity (Wildman–Crippen MR) is 71.2 cm³/mol. The molecule has 1 atom stereocenters. The zero-order chi connectivity index (χ0) is 13.0. The second-order valence-electron chi connectivity index (χ2n) is 4.57. The van der Waals surface area contributed by atoms with Gasteiger partial charge in [-0.25, -0.2) is 0 Å². The van der Waals surface area contributed by atoms with Gasteiger partial charge in [-0.3, -0.25) is 4.79 Å². The first-order valence-corrected chi connectivity index (χ1v) is 7.08. The maximum atomic E-state index is 12.0. The summed E-state index contributed by atoms with van der Waals surface area (Å²) < 4.78 is 4.94. The quantitative estimate of drug-likeness (QED) is 0.848. The van der Waals surface area contributed by atoms with Crippen LogP contribution in [0.3, 0.4) is 0 Å². The molecule has 0 saturated heterocycles. The highest BCUT2D eigenvalue weighted by atomic mass is 32.1. The normalized spacial score (nSPS) is 16.1. The first-order valence-electron chi connectivity index (χ1n) is 6.27. The molecule has 1 aromatic heterocycles. The molecule has 4 nitrogen and oxygen atoms in total. The lowest BCUT2D eigenvalue weighted by Gasteiger charge is -2.14. The Morgan fingerprint density at radius 3 is 3.00 bits per heavy atom. The van der Waals surface area contributed by atoms with Gasteiger partial charge in [0, 0.05) is 12.0 Å². The summed E-state index contributed by atoms with van der Waals surface area (Å²) in [6.45, 7) is 0.220. The van der Waals surface area contributed by atoms with Gasteiger partial charge in [0.15, 0.2) is 0 Å². The summed E-state index contributed by atoms with van der Waals surface area (Å²) in [5, 5.41) is 11.9. The number of fused-ring (bicyclic) bond motifs is 1. The molecule has 2 N–H and O–H groups in total. The van der Waals surface area contributed by atoms with Crippen LogP contribution < -0.4 is 5.32 Å². The van der Waals surface area contributed by atoms with Gasteiger partial charge in [0.25, 0.3) is 5.91 Å². The molecule has 1 aliphatic carbocycles. The van der Waals surface area contributed by atoms with Gasteiger partial charge >= 0.3 is 0 Å². The Hall–Kier alpha value is -0.910. The van der Waals surface area contributed by atoms with Gasteiger partial charge in [0.2, 0.25) is 0 Å². The number of rotatable bonds is 5. The van der Waals surface area contributed by atoms with Crippen LogP contribution >= 0.6 is 11.3 Å². The van der Waals surface area contributed by atoms with E-state index in [4.69, 9.17) is 9.84 Å². The number of methoxy groups -OCH3 is 1. The fourth-order valence-corrected chi connectivity index (χ4v) is 3.36. The SMILES string of the molecule is COCC(CO)NC(=O)c1cc2c(s1)CCCC2. The lowest BCUT2D eigenvalue weighted by Crippen LogP contribution is -2.40. The summed E-state index contributed by atoms with van der Waals surface area (Å²) in [6.07, 6.45) is 4.61. The molecule has 0 aliphatic heterocycles. The molecule has 100 valence electrons. The van der Waals surface area contributed by atoms with Gasteiger partial charge in [0.1, 0.15) is 0 Å². The summed E-state index contributed by atoms with van der Waals surface area (Å²) >= 11 is 1.58. The smallest absolute Gasteiger partial charge is 0.261 e. The predicted octanol–water partition coefficient (Wildman–Crippen LogP) is 1.36. The third-order valence-corrected chi connectivity index (χ3v) is 4.38. The Morgan fingerprint density at radius 1 is 1.56 bits per heavy atom. The van der Waals surface area contributed by atoms with Crippen LogP contribution in [-0.4, -0.2) is 37.4 Å². The lowest BCUT2D eigenvalue weighted by atomic mass is 9.99. The van der Waals surface area contributed by atoms with Crippen LogP contribution in [0.5, 0.6) is 0 Å². The molecular weight excluding hydrogens is 250 g/mol. The summed E-state index contributed by atoms with van der Waals surface area (Å²) in [4.78, 5) is 14.1. The highest BCUT2D eigenvalue weighted by Gasteiger charge is 2.19. The molecular formula is C13H19NO3S. The average molecular weight is 269 g/mol. The number of carbonyl (C=O) groups is 1. The molecule has 0 bridgehead atoms. The minimum absolute atomic E-state index is 0.106. The van der Waals surface area contributed by atoms with Crippen LogP contribution in [0, 0.1) is 0 Å². The minimum atomic E-state index is -0.332. The first-order chi connectivity index (χ1) is 8.74. The number of aliphatic hydroxyl groups is 1. The van der Waals surface area contributed by atoms with Crippen molar-refractivity contribution >= 4 is 17.2 Å². The highest BCUT2D eigenvalue weighted by molar-refractivity contribution is 7.14. The zero-order valence-corrected chi connectivity index (χ0v) is 11.4. The Morgan fingerprint density at radius 2 is 2.33 bits per heavy atom. The largest absolute Gasteiger partial charge is 0.394 e. The number of ether oxygens (including phenoxy) is 1. The monoisotopic (exact) mass is 269 g/mol. The van der Waals surface area contributed by atoms with E-state index in [1.165, 1.54) is 23.3 Å². The van der Waals surface area contributed by atoms with Crippen molar-refractivity contribution < 1.29 is 14.6 Å². The second kappa shape index (κ2) is 6.31. The lowest BCUT2D eigenvalue weighted by molar-refractivity contribution is 0.0843. The molecule has 1 amide bonds. The van der Waals surface area contributed by atoms with E-state index in [9.17, 15) is 4.79 Å². The van der Waals surface area contributed by atoms with Crippen molar-refractivity contribution in [3.8, 4) is 0 Å². The van der Waals surface area contributed by atoms with E-state index in [0.717, 1.165) is 17.7 Å². The number of aryl methyl sites for hydroxylation is 2. The molecule has 0 spiro atoms. The van der Waals surface area contributed by atoms with Gasteiger partial charge in [0.05, 0.1) is 24.1 Å². The van der Waals surface area contributed by atoms with E-state index in [0.29, 0.717) is 6.61 Å². The van der Waals surface area contributed by atoms with Crippen molar-refractivity contribution in [2.45, 2.75) is 31.7 Å². The number of carbonyl (C=O) groups excluding carboxylic acids is 1. The molecule has 5 heteroatoms. The van der Waals surface area contributed by atoms with Gasteiger partial charge in [-0.1, -0.05) is 0 Å². The van der Waals surface area contributed by atoms with Gasteiger partial charge in [-0.2, -0.15) is 0 Å². The molecule has 1 aliphatic rings. The topological polar surface area (TPSA) is 58.6 Å². The van der Waals surface area contributed by atoms with Crippen LogP contribution in [0.15, 0.2) is 6.07 Å². The van der Waals surface area contributed by atoms with Crippen molar-refractivity contribution in [1.29, 1.82) is 0 Å². The van der Waals surface area contributed by atoms with E-state index in [-0.39, 0.29) is 18.6 Å². The number of hydrogen-bond donors (Lipinski definition) is 2. The molecule has 18 heavy (non-hydrogen) atoms.